The van der Waals surface area contributed by atoms with E-state index in [0.717, 1.165) is 41.7 Å². The zero-order valence-electron chi connectivity index (χ0n) is 23.1. The summed E-state index contributed by atoms with van der Waals surface area (Å²) in [5.41, 5.74) is 3.14. The first-order chi connectivity index (χ1) is 19.5. The first-order valence-electron chi connectivity index (χ1n) is 13.9. The third kappa shape index (κ3) is 8.97. The third-order valence-corrected chi connectivity index (χ3v) is 7.34. The van der Waals surface area contributed by atoms with Crippen LogP contribution in [-0.2, 0) is 38.6 Å². The molecule has 3 aromatic rings. The average molecular weight is 543 g/mol. The maximum atomic E-state index is 12.9. The fourth-order valence-electron chi connectivity index (χ4n) is 4.99. The minimum absolute atomic E-state index is 0.161. The number of aryl methyl sites for hydroxylation is 1. The summed E-state index contributed by atoms with van der Waals surface area (Å²) in [5.74, 6) is 0.423. The summed E-state index contributed by atoms with van der Waals surface area (Å²) in [6.45, 7) is 1.79. The van der Waals surface area contributed by atoms with Gasteiger partial charge in [0.1, 0.15) is 18.4 Å². The molecule has 0 spiro atoms. The van der Waals surface area contributed by atoms with Gasteiger partial charge >= 0.3 is 5.97 Å². The summed E-state index contributed by atoms with van der Waals surface area (Å²) in [4.78, 5) is 39.9. The van der Waals surface area contributed by atoms with E-state index in [1.54, 1.807) is 0 Å². The van der Waals surface area contributed by atoms with Crippen LogP contribution < -0.4 is 10.1 Å². The second kappa shape index (κ2) is 14.9. The van der Waals surface area contributed by atoms with Gasteiger partial charge in [0.25, 0.3) is 0 Å². The molecule has 0 bridgehead atoms. The number of nitrogens with one attached hydrogen (secondary N) is 1. The van der Waals surface area contributed by atoms with E-state index in [0.29, 0.717) is 39.0 Å². The number of ether oxygens (including phenoxy) is 2. The zero-order chi connectivity index (χ0) is 28.2. The zero-order valence-corrected chi connectivity index (χ0v) is 23.1. The van der Waals surface area contributed by atoms with Gasteiger partial charge in [0, 0.05) is 32.4 Å². The normalized spacial score (nSPS) is 14.3. The van der Waals surface area contributed by atoms with Crippen LogP contribution in [0, 0.1) is 5.92 Å². The molecule has 0 unspecified atom stereocenters. The summed E-state index contributed by atoms with van der Waals surface area (Å²) in [7, 11) is 1.33. The summed E-state index contributed by atoms with van der Waals surface area (Å²) in [5, 5.41) is 2.87. The molecule has 7 heteroatoms. The summed E-state index contributed by atoms with van der Waals surface area (Å²) < 4.78 is 10.8. The van der Waals surface area contributed by atoms with Crippen molar-refractivity contribution in [2.45, 2.75) is 51.2 Å². The minimum Gasteiger partial charge on any atom is -0.489 e. The van der Waals surface area contributed by atoms with Crippen molar-refractivity contribution >= 4 is 17.8 Å². The molecule has 2 amide bonds. The Bertz CT molecular complexity index is 1220. The summed E-state index contributed by atoms with van der Waals surface area (Å²) in [6.07, 6.45) is 3.43. The molecule has 1 heterocycles. The highest BCUT2D eigenvalue weighted by atomic mass is 16.5. The third-order valence-electron chi connectivity index (χ3n) is 7.34. The number of piperidine rings is 1. The predicted octanol–water partition coefficient (Wildman–Crippen LogP) is 4.73. The van der Waals surface area contributed by atoms with Gasteiger partial charge in [0.2, 0.25) is 11.8 Å². The number of amides is 2. The molecule has 0 aromatic heterocycles. The van der Waals surface area contributed by atoms with Crippen LogP contribution in [0.2, 0.25) is 0 Å². The number of nitrogens with zero attached hydrogens (tertiary/aromatic N) is 1. The van der Waals surface area contributed by atoms with Gasteiger partial charge in [-0.05, 0) is 54.0 Å². The van der Waals surface area contributed by atoms with Gasteiger partial charge in [0.15, 0.2) is 0 Å². The van der Waals surface area contributed by atoms with Crippen molar-refractivity contribution in [3.63, 3.8) is 0 Å². The second-order valence-electron chi connectivity index (χ2n) is 10.3. The van der Waals surface area contributed by atoms with Crippen LogP contribution in [-0.4, -0.2) is 48.9 Å². The molecule has 1 fully saturated rings. The highest BCUT2D eigenvalue weighted by Gasteiger charge is 2.27. The van der Waals surface area contributed by atoms with Crippen LogP contribution in [0.25, 0.3) is 0 Å². The van der Waals surface area contributed by atoms with Crippen LogP contribution in [0.4, 0.5) is 0 Å². The second-order valence-corrected chi connectivity index (χ2v) is 10.3. The number of esters is 1. The average Bonchev–Trinajstić information content (AvgIpc) is 3.00. The molecule has 3 aromatic carbocycles. The van der Waals surface area contributed by atoms with E-state index >= 15 is 0 Å². The van der Waals surface area contributed by atoms with Gasteiger partial charge < -0.3 is 19.7 Å². The molecule has 1 aliphatic heterocycles. The van der Waals surface area contributed by atoms with E-state index in [1.165, 1.54) is 7.11 Å². The lowest BCUT2D eigenvalue weighted by atomic mass is 9.92. The van der Waals surface area contributed by atoms with Gasteiger partial charge in [-0.25, -0.2) is 4.79 Å². The Morgan fingerprint density at radius 1 is 0.850 bits per heavy atom. The number of carbonyl (C=O) groups excluding carboxylic acids is 3. The van der Waals surface area contributed by atoms with E-state index in [-0.39, 0.29) is 17.7 Å². The molecule has 0 saturated carbocycles. The molecular formula is C33H38N2O5. The molecule has 1 aliphatic rings. The molecule has 0 aliphatic carbocycles. The van der Waals surface area contributed by atoms with Gasteiger partial charge in [-0.2, -0.15) is 0 Å². The topological polar surface area (TPSA) is 84.9 Å². The van der Waals surface area contributed by atoms with Crippen molar-refractivity contribution < 1.29 is 23.9 Å². The Labute approximate surface area is 236 Å². The van der Waals surface area contributed by atoms with Crippen molar-refractivity contribution in [3.05, 3.63) is 102 Å². The highest BCUT2D eigenvalue weighted by molar-refractivity contribution is 5.84. The number of methoxy groups -OCH3 is 1. The number of rotatable bonds is 12. The van der Waals surface area contributed by atoms with Gasteiger partial charge in [-0.3, -0.25) is 9.59 Å². The van der Waals surface area contributed by atoms with E-state index in [1.807, 2.05) is 89.8 Å². The Hall–Kier alpha value is -4.13. The lowest BCUT2D eigenvalue weighted by Gasteiger charge is -2.32. The standard InChI is InChI=1S/C33H38N2O5/c1-39-33(38)30(22-26-12-15-29(16-13-26)40-24-28-10-6-3-7-11-28)34-31(36)23-27-18-20-35(21-19-27)32(37)17-14-25-8-4-2-5-9-25/h2-13,15-16,27,30H,14,17-24H2,1H3,(H,34,36)/t30-/m0/s1. The molecule has 210 valence electrons. The molecule has 7 nitrogen and oxygen atoms in total. The van der Waals surface area contributed by atoms with Crippen molar-refractivity contribution in [2.75, 3.05) is 20.2 Å². The molecule has 0 radical (unpaired) electrons. The monoisotopic (exact) mass is 542 g/mol. The van der Waals surface area contributed by atoms with Crippen molar-refractivity contribution in [2.24, 2.45) is 5.92 Å². The Balaban J connectivity index is 1.21. The highest BCUT2D eigenvalue weighted by Crippen LogP contribution is 2.22. The number of benzene rings is 3. The van der Waals surface area contributed by atoms with Crippen LogP contribution in [0.3, 0.4) is 0 Å². The van der Waals surface area contributed by atoms with Gasteiger partial charge in [0.05, 0.1) is 7.11 Å². The molecular weight excluding hydrogens is 504 g/mol. The fourth-order valence-corrected chi connectivity index (χ4v) is 4.99. The van der Waals surface area contributed by atoms with Crippen LogP contribution in [0.1, 0.15) is 42.4 Å². The number of hydrogen-bond donors (Lipinski definition) is 1. The predicted molar refractivity (Wildman–Crippen MR) is 154 cm³/mol. The van der Waals surface area contributed by atoms with E-state index < -0.39 is 12.0 Å². The molecule has 4 rings (SSSR count). The van der Waals surface area contributed by atoms with Crippen LogP contribution >= 0.6 is 0 Å². The summed E-state index contributed by atoms with van der Waals surface area (Å²) in [6, 6.07) is 26.7. The number of carbonyl (C=O) groups is 3. The first-order valence-corrected chi connectivity index (χ1v) is 13.9. The maximum absolute atomic E-state index is 12.9. The lowest BCUT2D eigenvalue weighted by molar-refractivity contribution is -0.145. The fraction of sp³-hybridized carbons (Fsp3) is 0.364. The largest absolute Gasteiger partial charge is 0.489 e. The SMILES string of the molecule is COC(=O)[C@H](Cc1ccc(OCc2ccccc2)cc1)NC(=O)CC1CCN(C(=O)CCc2ccccc2)CC1. The Morgan fingerprint density at radius 2 is 1.48 bits per heavy atom. The van der Waals surface area contributed by atoms with Crippen molar-refractivity contribution in [3.8, 4) is 5.75 Å². The molecule has 1 N–H and O–H groups in total. The number of hydrogen-bond acceptors (Lipinski definition) is 5. The van der Waals surface area contributed by atoms with Gasteiger partial charge in [-0.15, -0.1) is 0 Å². The van der Waals surface area contributed by atoms with E-state index in [2.05, 4.69) is 5.32 Å². The minimum atomic E-state index is -0.770. The summed E-state index contributed by atoms with van der Waals surface area (Å²) >= 11 is 0. The van der Waals surface area contributed by atoms with Gasteiger partial charge in [-0.1, -0.05) is 72.8 Å². The van der Waals surface area contributed by atoms with E-state index in [4.69, 9.17) is 9.47 Å². The first kappa shape index (κ1) is 28.9. The lowest BCUT2D eigenvalue weighted by Crippen LogP contribution is -2.44. The van der Waals surface area contributed by atoms with Crippen molar-refractivity contribution in [1.29, 1.82) is 0 Å². The Morgan fingerprint density at radius 3 is 2.10 bits per heavy atom. The molecule has 40 heavy (non-hydrogen) atoms. The molecule has 1 saturated heterocycles. The quantitative estimate of drug-likeness (QED) is 0.335. The Kier molecular flexibility index (Phi) is 10.7. The van der Waals surface area contributed by atoms with E-state index in [9.17, 15) is 14.4 Å². The number of likely N-dealkylation sites (tertiary alicyclic amines) is 1. The van der Waals surface area contributed by atoms with Crippen LogP contribution in [0.15, 0.2) is 84.9 Å². The van der Waals surface area contributed by atoms with Crippen molar-refractivity contribution in [1.82, 2.24) is 10.2 Å². The molecule has 1 atom stereocenters. The maximum Gasteiger partial charge on any atom is 0.328 e. The van der Waals surface area contributed by atoms with Crippen LogP contribution in [0.5, 0.6) is 5.75 Å². The smallest absolute Gasteiger partial charge is 0.328 e.